The van der Waals surface area contributed by atoms with E-state index in [4.69, 9.17) is 0 Å². The number of aromatic nitrogens is 2. The average molecular weight is 263 g/mol. The summed E-state index contributed by atoms with van der Waals surface area (Å²) in [6, 6.07) is 12.7. The van der Waals surface area contributed by atoms with E-state index in [9.17, 15) is 0 Å². The lowest BCUT2D eigenvalue weighted by Gasteiger charge is -2.20. The Bertz CT molecular complexity index is 689. The molecule has 1 N–H and O–H groups in total. The first-order valence-corrected chi connectivity index (χ1v) is 6.86. The molecule has 0 aliphatic heterocycles. The molecule has 3 rings (SSSR count). The predicted molar refractivity (Wildman–Crippen MR) is 81.5 cm³/mol. The molecule has 0 bridgehead atoms. The second kappa shape index (κ2) is 5.80. The molecular weight excluding hydrogens is 246 g/mol. The standard InChI is InChI=1S/C17H17N3/c1-2-20-17(14-7-9-18-10-8-14)15-5-3-4-13-6-11-19-12-16(13)15/h3-12,17,20H,2H2,1H3. The molecule has 0 fully saturated rings. The minimum absolute atomic E-state index is 0.163. The van der Waals surface area contributed by atoms with E-state index in [-0.39, 0.29) is 6.04 Å². The highest BCUT2D eigenvalue weighted by molar-refractivity contribution is 5.85. The molecule has 0 saturated carbocycles. The maximum Gasteiger partial charge on any atom is 0.0584 e. The van der Waals surface area contributed by atoms with Crippen LogP contribution in [0.3, 0.4) is 0 Å². The van der Waals surface area contributed by atoms with E-state index in [1.165, 1.54) is 21.9 Å². The van der Waals surface area contributed by atoms with Crippen LogP contribution in [0.2, 0.25) is 0 Å². The zero-order chi connectivity index (χ0) is 13.8. The Morgan fingerprint density at radius 2 is 1.80 bits per heavy atom. The van der Waals surface area contributed by atoms with Crippen molar-refractivity contribution in [1.29, 1.82) is 0 Å². The maximum absolute atomic E-state index is 4.27. The summed E-state index contributed by atoms with van der Waals surface area (Å²) in [6.07, 6.45) is 7.45. The summed E-state index contributed by atoms with van der Waals surface area (Å²) in [7, 11) is 0. The second-order valence-corrected chi connectivity index (χ2v) is 4.72. The van der Waals surface area contributed by atoms with E-state index in [0.29, 0.717) is 0 Å². The molecule has 0 amide bonds. The zero-order valence-corrected chi connectivity index (χ0v) is 11.5. The Labute approximate surface area is 118 Å². The van der Waals surface area contributed by atoms with E-state index >= 15 is 0 Å². The number of hydrogen-bond donors (Lipinski definition) is 1. The first-order chi connectivity index (χ1) is 9.90. The first-order valence-electron chi connectivity index (χ1n) is 6.86. The summed E-state index contributed by atoms with van der Waals surface area (Å²) >= 11 is 0. The van der Waals surface area contributed by atoms with Crippen molar-refractivity contribution in [2.24, 2.45) is 0 Å². The summed E-state index contributed by atoms with van der Waals surface area (Å²) in [6.45, 7) is 3.03. The van der Waals surface area contributed by atoms with Crippen molar-refractivity contribution in [2.75, 3.05) is 6.54 Å². The van der Waals surface area contributed by atoms with Crippen molar-refractivity contribution in [1.82, 2.24) is 15.3 Å². The average Bonchev–Trinajstić information content (AvgIpc) is 2.53. The molecule has 1 aromatic carbocycles. The lowest BCUT2D eigenvalue weighted by molar-refractivity contribution is 0.633. The maximum atomic E-state index is 4.27. The van der Waals surface area contributed by atoms with Crippen molar-refractivity contribution < 1.29 is 0 Å². The highest BCUT2D eigenvalue weighted by atomic mass is 14.9. The Hall–Kier alpha value is -2.26. The van der Waals surface area contributed by atoms with Gasteiger partial charge >= 0.3 is 0 Å². The zero-order valence-electron chi connectivity index (χ0n) is 11.5. The summed E-state index contributed by atoms with van der Waals surface area (Å²) in [4.78, 5) is 8.37. The van der Waals surface area contributed by atoms with Gasteiger partial charge in [-0.25, -0.2) is 0 Å². The molecule has 0 aliphatic rings. The van der Waals surface area contributed by atoms with Crippen molar-refractivity contribution in [2.45, 2.75) is 13.0 Å². The molecule has 3 nitrogen and oxygen atoms in total. The third-order valence-corrected chi connectivity index (χ3v) is 3.48. The minimum atomic E-state index is 0.163. The lowest BCUT2D eigenvalue weighted by Crippen LogP contribution is -2.22. The van der Waals surface area contributed by atoms with Crippen LogP contribution in [0, 0.1) is 0 Å². The molecule has 100 valence electrons. The normalized spacial score (nSPS) is 12.4. The summed E-state index contributed by atoms with van der Waals surface area (Å²) in [5, 5.41) is 5.96. The fourth-order valence-corrected chi connectivity index (χ4v) is 2.56. The van der Waals surface area contributed by atoms with Gasteiger partial charge in [-0.1, -0.05) is 25.1 Å². The molecule has 1 atom stereocenters. The lowest BCUT2D eigenvalue weighted by atomic mass is 9.95. The molecule has 0 radical (unpaired) electrons. The third-order valence-electron chi connectivity index (χ3n) is 3.48. The van der Waals surface area contributed by atoms with Gasteiger partial charge in [0, 0.05) is 30.2 Å². The second-order valence-electron chi connectivity index (χ2n) is 4.72. The van der Waals surface area contributed by atoms with Gasteiger partial charge in [0.2, 0.25) is 0 Å². The number of pyridine rings is 2. The Kier molecular flexibility index (Phi) is 3.70. The highest BCUT2D eigenvalue weighted by Gasteiger charge is 2.15. The molecule has 0 aliphatic carbocycles. The number of rotatable bonds is 4. The number of hydrogen-bond acceptors (Lipinski definition) is 3. The number of nitrogens with zero attached hydrogens (tertiary/aromatic N) is 2. The number of benzene rings is 1. The van der Waals surface area contributed by atoms with E-state index in [0.717, 1.165) is 6.54 Å². The van der Waals surface area contributed by atoms with E-state index in [2.05, 4.69) is 52.5 Å². The monoisotopic (exact) mass is 263 g/mol. The van der Waals surface area contributed by atoms with Crippen LogP contribution in [-0.4, -0.2) is 16.5 Å². The molecule has 0 spiro atoms. The fraction of sp³-hybridized carbons (Fsp3) is 0.176. The molecule has 20 heavy (non-hydrogen) atoms. The fourth-order valence-electron chi connectivity index (χ4n) is 2.56. The van der Waals surface area contributed by atoms with Gasteiger partial charge in [0.25, 0.3) is 0 Å². The third kappa shape index (κ3) is 2.40. The predicted octanol–water partition coefficient (Wildman–Crippen LogP) is 3.33. The SMILES string of the molecule is CCNC(c1ccncc1)c1cccc2ccncc12. The Morgan fingerprint density at radius 3 is 2.60 bits per heavy atom. The molecule has 2 aromatic heterocycles. The summed E-state index contributed by atoms with van der Waals surface area (Å²) in [5.41, 5.74) is 2.47. The van der Waals surface area contributed by atoms with Crippen LogP contribution in [0.15, 0.2) is 61.2 Å². The van der Waals surface area contributed by atoms with Gasteiger partial charge in [-0.3, -0.25) is 9.97 Å². The van der Waals surface area contributed by atoms with Gasteiger partial charge in [0.15, 0.2) is 0 Å². The van der Waals surface area contributed by atoms with Gasteiger partial charge in [0.05, 0.1) is 6.04 Å². The Balaban J connectivity index is 2.15. The number of fused-ring (bicyclic) bond motifs is 1. The summed E-state index contributed by atoms with van der Waals surface area (Å²) < 4.78 is 0. The summed E-state index contributed by atoms with van der Waals surface area (Å²) in [5.74, 6) is 0. The quantitative estimate of drug-likeness (QED) is 0.784. The van der Waals surface area contributed by atoms with E-state index in [1.807, 2.05) is 30.9 Å². The van der Waals surface area contributed by atoms with Crippen LogP contribution >= 0.6 is 0 Å². The van der Waals surface area contributed by atoms with Gasteiger partial charge in [-0.15, -0.1) is 0 Å². The van der Waals surface area contributed by atoms with Crippen molar-refractivity contribution in [3.63, 3.8) is 0 Å². The van der Waals surface area contributed by atoms with Gasteiger partial charge in [0.1, 0.15) is 0 Å². The van der Waals surface area contributed by atoms with Gasteiger partial charge in [-0.2, -0.15) is 0 Å². The number of nitrogens with one attached hydrogen (secondary N) is 1. The van der Waals surface area contributed by atoms with Gasteiger partial charge < -0.3 is 5.32 Å². The van der Waals surface area contributed by atoms with Crippen LogP contribution in [0.4, 0.5) is 0 Å². The molecule has 2 heterocycles. The largest absolute Gasteiger partial charge is 0.307 e. The molecule has 0 saturated heterocycles. The molecule has 1 unspecified atom stereocenters. The van der Waals surface area contributed by atoms with Crippen molar-refractivity contribution in [3.05, 3.63) is 72.3 Å². The van der Waals surface area contributed by atoms with Crippen LogP contribution in [0.25, 0.3) is 10.8 Å². The molecule has 3 aromatic rings. The van der Waals surface area contributed by atoms with Crippen LogP contribution < -0.4 is 5.32 Å². The minimum Gasteiger partial charge on any atom is -0.307 e. The van der Waals surface area contributed by atoms with Crippen molar-refractivity contribution >= 4 is 10.8 Å². The first kappa shape index (κ1) is 12.8. The van der Waals surface area contributed by atoms with E-state index < -0.39 is 0 Å². The molecule has 3 heteroatoms. The Morgan fingerprint density at radius 1 is 1.00 bits per heavy atom. The smallest absolute Gasteiger partial charge is 0.0584 e. The molecular formula is C17H17N3. The van der Waals surface area contributed by atoms with Crippen LogP contribution in [0.5, 0.6) is 0 Å². The van der Waals surface area contributed by atoms with Crippen molar-refractivity contribution in [3.8, 4) is 0 Å². The van der Waals surface area contributed by atoms with Crippen LogP contribution in [0.1, 0.15) is 24.1 Å². The topological polar surface area (TPSA) is 37.8 Å². The van der Waals surface area contributed by atoms with Crippen LogP contribution in [-0.2, 0) is 0 Å². The highest BCUT2D eigenvalue weighted by Crippen LogP contribution is 2.28. The van der Waals surface area contributed by atoms with E-state index in [1.54, 1.807) is 0 Å². The van der Waals surface area contributed by atoms with Gasteiger partial charge in [-0.05, 0) is 41.3 Å².